The summed E-state index contributed by atoms with van der Waals surface area (Å²) in [5.41, 5.74) is 1.23. The summed E-state index contributed by atoms with van der Waals surface area (Å²) in [5.74, 6) is 0.228. The minimum Gasteiger partial charge on any atom is -0.465 e. The van der Waals surface area contributed by atoms with E-state index in [0.717, 1.165) is 5.69 Å². The molecule has 0 atom stereocenters. The van der Waals surface area contributed by atoms with Gasteiger partial charge < -0.3 is 4.74 Å². The minimum absolute atomic E-state index is 0.366. The summed E-state index contributed by atoms with van der Waals surface area (Å²) in [6, 6.07) is 6.76. The van der Waals surface area contributed by atoms with E-state index in [1.165, 1.54) is 11.9 Å². The van der Waals surface area contributed by atoms with Crippen molar-refractivity contribution < 1.29 is 9.53 Å². The number of carbonyl (C=O) groups is 1. The van der Waals surface area contributed by atoms with Crippen molar-refractivity contribution in [1.82, 2.24) is 20.2 Å². The topological polar surface area (TPSA) is 69.9 Å². The van der Waals surface area contributed by atoms with Crippen molar-refractivity contribution in [3.63, 3.8) is 0 Å². The lowest BCUT2D eigenvalue weighted by Crippen LogP contribution is -2.03. The Balaban J connectivity index is 2.29. The standard InChI is InChI=1S/C10H10N4O2/c1-7-11-13-14(12-7)9-5-3-8(4-6-9)10(15)16-2/h3-6H,1-2H3. The zero-order valence-corrected chi connectivity index (χ0v) is 8.91. The van der Waals surface area contributed by atoms with E-state index in [4.69, 9.17) is 0 Å². The molecule has 1 aromatic heterocycles. The molecule has 2 rings (SSSR count). The summed E-state index contributed by atoms with van der Waals surface area (Å²) in [7, 11) is 1.35. The largest absolute Gasteiger partial charge is 0.465 e. The quantitative estimate of drug-likeness (QED) is 0.696. The van der Waals surface area contributed by atoms with Crippen LogP contribution in [-0.4, -0.2) is 33.3 Å². The molecule has 0 spiro atoms. The third-order valence-corrected chi connectivity index (χ3v) is 2.03. The Morgan fingerprint density at radius 1 is 1.31 bits per heavy atom. The van der Waals surface area contributed by atoms with E-state index >= 15 is 0 Å². The van der Waals surface area contributed by atoms with E-state index in [9.17, 15) is 4.79 Å². The van der Waals surface area contributed by atoms with Crippen LogP contribution in [0.1, 0.15) is 16.2 Å². The van der Waals surface area contributed by atoms with Crippen LogP contribution in [0.3, 0.4) is 0 Å². The first-order valence-electron chi connectivity index (χ1n) is 4.66. The number of nitrogens with zero attached hydrogens (tertiary/aromatic N) is 4. The van der Waals surface area contributed by atoms with E-state index in [2.05, 4.69) is 20.1 Å². The first-order chi connectivity index (χ1) is 7.70. The van der Waals surface area contributed by atoms with Crippen molar-refractivity contribution in [2.24, 2.45) is 0 Å². The summed E-state index contributed by atoms with van der Waals surface area (Å²) < 4.78 is 4.60. The molecular weight excluding hydrogens is 208 g/mol. The van der Waals surface area contributed by atoms with Crippen molar-refractivity contribution in [2.45, 2.75) is 6.92 Å². The lowest BCUT2D eigenvalue weighted by molar-refractivity contribution is 0.0601. The van der Waals surface area contributed by atoms with E-state index in [-0.39, 0.29) is 5.97 Å². The van der Waals surface area contributed by atoms with Gasteiger partial charge in [0, 0.05) is 0 Å². The molecule has 0 radical (unpaired) electrons. The second-order valence-corrected chi connectivity index (χ2v) is 3.16. The molecule has 0 unspecified atom stereocenters. The molecule has 1 heterocycles. The highest BCUT2D eigenvalue weighted by Crippen LogP contribution is 2.08. The maximum Gasteiger partial charge on any atom is 0.337 e. The Bertz CT molecular complexity index is 504. The minimum atomic E-state index is -0.366. The number of ether oxygens (including phenoxy) is 1. The van der Waals surface area contributed by atoms with Crippen LogP contribution in [-0.2, 0) is 4.74 Å². The van der Waals surface area contributed by atoms with Gasteiger partial charge in [0.2, 0.25) is 0 Å². The van der Waals surface area contributed by atoms with Crippen LogP contribution in [0, 0.1) is 6.92 Å². The zero-order valence-electron chi connectivity index (χ0n) is 8.91. The van der Waals surface area contributed by atoms with Crippen LogP contribution in [0.4, 0.5) is 0 Å². The number of esters is 1. The van der Waals surface area contributed by atoms with Crippen molar-refractivity contribution in [3.8, 4) is 5.69 Å². The van der Waals surface area contributed by atoms with Crippen molar-refractivity contribution in [3.05, 3.63) is 35.7 Å². The van der Waals surface area contributed by atoms with Gasteiger partial charge in [-0.1, -0.05) is 0 Å². The van der Waals surface area contributed by atoms with E-state index in [1.807, 2.05) is 0 Å². The van der Waals surface area contributed by atoms with Gasteiger partial charge in [-0.25, -0.2) is 4.79 Å². The fourth-order valence-corrected chi connectivity index (χ4v) is 1.24. The van der Waals surface area contributed by atoms with Gasteiger partial charge in [-0.3, -0.25) is 0 Å². The zero-order chi connectivity index (χ0) is 11.5. The second-order valence-electron chi connectivity index (χ2n) is 3.16. The van der Waals surface area contributed by atoms with Gasteiger partial charge in [0.05, 0.1) is 18.4 Å². The Hall–Kier alpha value is -2.24. The summed E-state index contributed by atoms with van der Waals surface area (Å²) in [5, 5.41) is 11.7. The molecule has 0 saturated heterocycles. The predicted molar refractivity (Wildman–Crippen MR) is 55.2 cm³/mol. The number of hydrogen-bond acceptors (Lipinski definition) is 5. The molecule has 82 valence electrons. The molecule has 0 saturated carbocycles. The highest BCUT2D eigenvalue weighted by molar-refractivity contribution is 5.89. The lowest BCUT2D eigenvalue weighted by Gasteiger charge is -2.00. The summed E-state index contributed by atoms with van der Waals surface area (Å²) in [6.45, 7) is 1.76. The SMILES string of the molecule is COC(=O)c1ccc(-n2nnc(C)n2)cc1. The maximum absolute atomic E-state index is 11.2. The molecule has 6 heteroatoms. The molecule has 0 aliphatic carbocycles. The smallest absolute Gasteiger partial charge is 0.337 e. The monoisotopic (exact) mass is 218 g/mol. The van der Waals surface area contributed by atoms with Gasteiger partial charge in [0.15, 0.2) is 5.82 Å². The van der Waals surface area contributed by atoms with Crippen LogP contribution in [0.5, 0.6) is 0 Å². The number of tetrazole rings is 1. The number of benzene rings is 1. The van der Waals surface area contributed by atoms with Gasteiger partial charge in [-0.05, 0) is 36.4 Å². The third-order valence-electron chi connectivity index (χ3n) is 2.03. The summed E-state index contributed by atoms with van der Waals surface area (Å²) in [4.78, 5) is 12.6. The van der Waals surface area contributed by atoms with Crippen LogP contribution < -0.4 is 0 Å². The first kappa shape index (κ1) is 10.3. The molecule has 0 N–H and O–H groups in total. The molecule has 0 aliphatic rings. The summed E-state index contributed by atoms with van der Waals surface area (Å²) >= 11 is 0. The van der Waals surface area contributed by atoms with Crippen LogP contribution in [0.2, 0.25) is 0 Å². The Labute approximate surface area is 91.8 Å². The van der Waals surface area contributed by atoms with Crippen molar-refractivity contribution in [1.29, 1.82) is 0 Å². The third kappa shape index (κ3) is 1.90. The molecule has 0 aliphatic heterocycles. The average Bonchev–Trinajstić information content (AvgIpc) is 2.75. The number of hydrogen-bond donors (Lipinski definition) is 0. The van der Waals surface area contributed by atoms with Crippen LogP contribution >= 0.6 is 0 Å². The molecule has 0 bridgehead atoms. The Kier molecular flexibility index (Phi) is 2.63. The fraction of sp³-hybridized carbons (Fsp3) is 0.200. The molecule has 2 aromatic rings. The predicted octanol–water partition coefficient (Wildman–Crippen LogP) is 0.757. The van der Waals surface area contributed by atoms with Gasteiger partial charge in [0.1, 0.15) is 0 Å². The molecular formula is C10H10N4O2. The van der Waals surface area contributed by atoms with Gasteiger partial charge >= 0.3 is 5.97 Å². The fourth-order valence-electron chi connectivity index (χ4n) is 1.24. The van der Waals surface area contributed by atoms with E-state index in [1.54, 1.807) is 31.2 Å². The number of methoxy groups -OCH3 is 1. The Morgan fingerprint density at radius 3 is 2.50 bits per heavy atom. The average molecular weight is 218 g/mol. The number of aryl methyl sites for hydroxylation is 1. The lowest BCUT2D eigenvalue weighted by atomic mass is 10.2. The van der Waals surface area contributed by atoms with Gasteiger partial charge in [-0.15, -0.1) is 15.0 Å². The molecule has 0 fully saturated rings. The van der Waals surface area contributed by atoms with Gasteiger partial charge in [0.25, 0.3) is 0 Å². The number of carbonyl (C=O) groups excluding carboxylic acids is 1. The highest BCUT2D eigenvalue weighted by atomic mass is 16.5. The molecule has 6 nitrogen and oxygen atoms in total. The van der Waals surface area contributed by atoms with Crippen molar-refractivity contribution >= 4 is 5.97 Å². The second kappa shape index (κ2) is 4.09. The first-order valence-corrected chi connectivity index (χ1v) is 4.66. The molecule has 1 aromatic carbocycles. The molecule has 0 amide bonds. The van der Waals surface area contributed by atoms with E-state index < -0.39 is 0 Å². The number of aromatic nitrogens is 4. The molecule has 16 heavy (non-hydrogen) atoms. The normalized spacial score (nSPS) is 10.1. The van der Waals surface area contributed by atoms with Crippen LogP contribution in [0.15, 0.2) is 24.3 Å². The van der Waals surface area contributed by atoms with Crippen LogP contribution in [0.25, 0.3) is 5.69 Å². The van der Waals surface area contributed by atoms with E-state index in [0.29, 0.717) is 11.4 Å². The Morgan fingerprint density at radius 2 is 2.00 bits per heavy atom. The van der Waals surface area contributed by atoms with Gasteiger partial charge in [-0.2, -0.15) is 0 Å². The maximum atomic E-state index is 11.2. The number of rotatable bonds is 2. The van der Waals surface area contributed by atoms with Crippen molar-refractivity contribution in [2.75, 3.05) is 7.11 Å². The highest BCUT2D eigenvalue weighted by Gasteiger charge is 2.06. The summed E-state index contributed by atoms with van der Waals surface area (Å²) in [6.07, 6.45) is 0.